The molecule has 3 aromatic rings. The van der Waals surface area contributed by atoms with Crippen LogP contribution in [0, 0.1) is 20.2 Å². The van der Waals surface area contributed by atoms with E-state index < -0.39 is 45.0 Å². The summed E-state index contributed by atoms with van der Waals surface area (Å²) in [6.07, 6.45) is 0. The molecule has 0 saturated carbocycles. The molecular weight excluding hydrogens is 610 g/mol. The van der Waals surface area contributed by atoms with Gasteiger partial charge in [0.2, 0.25) is 0 Å². The minimum absolute atomic E-state index is 0.00394. The number of carbonyl (C=O) groups is 4. The fraction of sp³-hybridized carbons (Fsp3) is 0.276. The highest BCUT2D eigenvalue weighted by molar-refractivity contribution is 6.04. The average molecular weight is 638 g/mol. The number of hydrogen-bond donors (Lipinski definition) is 2. The Hall–Kier alpha value is -5.81. The number of cyclic esters (lactones) is 2. The Morgan fingerprint density at radius 1 is 0.587 bits per heavy atom. The molecule has 17 nitrogen and oxygen atoms in total. The molecule has 0 atom stereocenters. The van der Waals surface area contributed by atoms with Gasteiger partial charge in [0, 0.05) is 37.4 Å². The lowest BCUT2D eigenvalue weighted by atomic mass is 9.94. The van der Waals surface area contributed by atoms with Crippen LogP contribution in [0.3, 0.4) is 0 Å². The van der Waals surface area contributed by atoms with Crippen molar-refractivity contribution in [3.63, 3.8) is 0 Å². The smallest absolute Gasteiger partial charge is 0.339 e. The summed E-state index contributed by atoms with van der Waals surface area (Å²) in [7, 11) is 0. The van der Waals surface area contributed by atoms with E-state index in [-0.39, 0.29) is 86.4 Å². The third-order valence-electron chi connectivity index (χ3n) is 6.36. The number of fused-ring (bicyclic) bond motifs is 5. The largest absolute Gasteiger partial charge is 0.460 e. The summed E-state index contributed by atoms with van der Waals surface area (Å²) < 4.78 is 21.3. The predicted molar refractivity (Wildman–Crippen MR) is 156 cm³/mol. The van der Waals surface area contributed by atoms with Gasteiger partial charge in [0.05, 0.1) is 47.4 Å². The number of carbonyl (C=O) groups excluding carboxylic acids is 4. The van der Waals surface area contributed by atoms with Crippen LogP contribution in [0.4, 0.5) is 11.4 Å². The molecule has 1 aromatic heterocycles. The highest BCUT2D eigenvalue weighted by Gasteiger charge is 2.25. The van der Waals surface area contributed by atoms with Crippen molar-refractivity contribution in [2.45, 2.75) is 0 Å². The van der Waals surface area contributed by atoms with Crippen LogP contribution in [0.1, 0.15) is 41.7 Å². The summed E-state index contributed by atoms with van der Waals surface area (Å²) >= 11 is 0. The molecule has 2 bridgehead atoms. The van der Waals surface area contributed by atoms with Crippen molar-refractivity contribution in [3.05, 3.63) is 97.3 Å². The van der Waals surface area contributed by atoms with Gasteiger partial charge in [-0.15, -0.1) is 0 Å². The molecular formula is C29H27N5O12. The number of nitro groups is 2. The van der Waals surface area contributed by atoms with Gasteiger partial charge in [-0.25, -0.2) is 14.6 Å². The molecule has 1 aliphatic rings. The third kappa shape index (κ3) is 8.64. The molecule has 2 amide bonds. The molecule has 0 aliphatic carbocycles. The second kappa shape index (κ2) is 15.8. The molecule has 17 heteroatoms. The number of non-ortho nitro benzene ring substituents is 2. The number of esters is 2. The number of benzene rings is 2. The number of ether oxygens (including phenoxy) is 4. The van der Waals surface area contributed by atoms with Gasteiger partial charge in [0.25, 0.3) is 23.2 Å². The molecule has 4 rings (SSSR count). The minimum atomic E-state index is -0.985. The average Bonchev–Trinajstić information content (AvgIpc) is 3.06. The van der Waals surface area contributed by atoms with E-state index in [1.54, 1.807) is 0 Å². The monoisotopic (exact) mass is 637 g/mol. The van der Waals surface area contributed by atoms with Gasteiger partial charge in [-0.05, 0) is 35.4 Å². The number of aromatic nitrogens is 1. The van der Waals surface area contributed by atoms with Crippen molar-refractivity contribution in [1.29, 1.82) is 0 Å². The molecule has 2 aromatic carbocycles. The molecule has 0 unspecified atom stereocenters. The predicted octanol–water partition coefficient (Wildman–Crippen LogP) is 2.09. The van der Waals surface area contributed by atoms with Gasteiger partial charge in [-0.2, -0.15) is 0 Å². The summed E-state index contributed by atoms with van der Waals surface area (Å²) in [6, 6.07) is 11.0. The molecule has 2 N–H and O–H groups in total. The third-order valence-corrected chi connectivity index (χ3v) is 6.36. The molecule has 0 radical (unpaired) electrons. The van der Waals surface area contributed by atoms with Crippen molar-refractivity contribution >= 4 is 35.1 Å². The summed E-state index contributed by atoms with van der Waals surface area (Å²) in [6.45, 7) is -0.564. The van der Waals surface area contributed by atoms with Crippen LogP contribution in [-0.2, 0) is 18.9 Å². The highest BCUT2D eigenvalue weighted by Crippen LogP contribution is 2.33. The Morgan fingerprint density at radius 2 is 1.02 bits per heavy atom. The summed E-state index contributed by atoms with van der Waals surface area (Å²) in [5.74, 6) is -3.06. The Morgan fingerprint density at radius 3 is 1.43 bits per heavy atom. The number of nitro benzene ring substituents is 2. The van der Waals surface area contributed by atoms with Crippen LogP contribution in [0.25, 0.3) is 11.1 Å². The lowest BCUT2D eigenvalue weighted by molar-refractivity contribution is -0.385. The second-order valence-corrected chi connectivity index (χ2v) is 9.39. The molecule has 0 fully saturated rings. The van der Waals surface area contributed by atoms with E-state index in [0.717, 1.165) is 24.3 Å². The number of nitrogens with zero attached hydrogens (tertiary/aromatic N) is 3. The maximum absolute atomic E-state index is 13.1. The zero-order chi connectivity index (χ0) is 33.1. The van der Waals surface area contributed by atoms with Crippen molar-refractivity contribution in [2.24, 2.45) is 0 Å². The Labute approximate surface area is 260 Å². The summed E-state index contributed by atoms with van der Waals surface area (Å²) in [5.41, 5.74) is -1.39. The van der Waals surface area contributed by atoms with Crippen molar-refractivity contribution in [3.8, 4) is 11.1 Å². The Bertz CT molecular complexity index is 1540. The first kappa shape index (κ1) is 33.1. The number of rotatable bonds is 2. The van der Waals surface area contributed by atoms with E-state index in [1.165, 1.54) is 30.3 Å². The maximum Gasteiger partial charge on any atom is 0.339 e. The number of amides is 2. The SMILES string of the molecule is O=C1NCCOCCOC(=O)c2cc([N+](=O)[O-])ccc2-c2ccc([N+](=O)[O-])cc2C(=O)OCCOCCNC(=O)c2cccc1n2. The van der Waals surface area contributed by atoms with Crippen LogP contribution in [-0.4, -0.2) is 91.3 Å². The number of nitrogens with one attached hydrogen (secondary N) is 2. The zero-order valence-corrected chi connectivity index (χ0v) is 24.1. The lowest BCUT2D eigenvalue weighted by Gasteiger charge is -2.14. The fourth-order valence-corrected chi connectivity index (χ4v) is 4.19. The van der Waals surface area contributed by atoms with E-state index in [1.807, 2.05) is 0 Å². The molecule has 240 valence electrons. The van der Waals surface area contributed by atoms with Crippen LogP contribution in [0.15, 0.2) is 54.6 Å². The topological polar surface area (TPSA) is 228 Å². The quantitative estimate of drug-likeness (QED) is 0.233. The first-order valence-corrected chi connectivity index (χ1v) is 13.8. The Kier molecular flexibility index (Phi) is 11.3. The summed E-state index contributed by atoms with van der Waals surface area (Å²) in [5, 5.41) is 28.1. The van der Waals surface area contributed by atoms with Gasteiger partial charge in [0.1, 0.15) is 24.6 Å². The van der Waals surface area contributed by atoms with Crippen LogP contribution >= 0.6 is 0 Å². The van der Waals surface area contributed by atoms with Gasteiger partial charge in [-0.3, -0.25) is 29.8 Å². The second-order valence-electron chi connectivity index (χ2n) is 9.39. The fourth-order valence-electron chi connectivity index (χ4n) is 4.19. The van der Waals surface area contributed by atoms with Gasteiger partial charge in [-0.1, -0.05) is 6.07 Å². The maximum atomic E-state index is 13.1. The molecule has 0 spiro atoms. The first-order chi connectivity index (χ1) is 22.2. The van der Waals surface area contributed by atoms with E-state index in [9.17, 15) is 39.4 Å². The Balaban J connectivity index is 1.59. The van der Waals surface area contributed by atoms with Gasteiger partial charge in [0.15, 0.2) is 0 Å². The van der Waals surface area contributed by atoms with E-state index in [2.05, 4.69) is 15.6 Å². The molecule has 1 aliphatic heterocycles. The van der Waals surface area contributed by atoms with Gasteiger partial charge < -0.3 is 29.6 Å². The van der Waals surface area contributed by atoms with Crippen molar-refractivity contribution < 1.29 is 48.0 Å². The molecule has 46 heavy (non-hydrogen) atoms. The lowest BCUT2D eigenvalue weighted by Crippen LogP contribution is -2.31. The van der Waals surface area contributed by atoms with Crippen molar-refractivity contribution in [1.82, 2.24) is 15.6 Å². The number of hydrogen-bond acceptors (Lipinski definition) is 13. The molecule has 0 saturated heterocycles. The van der Waals surface area contributed by atoms with Crippen molar-refractivity contribution in [2.75, 3.05) is 52.7 Å². The van der Waals surface area contributed by atoms with Crippen LogP contribution in [0.2, 0.25) is 0 Å². The minimum Gasteiger partial charge on any atom is -0.460 e. The van der Waals surface area contributed by atoms with E-state index in [0.29, 0.717) is 0 Å². The standard InChI is InChI=1S/C29H27N5O12/c35-26-24-2-1-3-25(32-24)27(36)31-9-11-44-13-15-46-29(38)23-17-19(34(41)42)5-7-21(23)20-6-4-18(33(39)40)16-22(20)28(37)45-14-12-43-10-8-30-26/h1-7,16-17H,8-15H2,(H,30,35)(H,31,36). The van der Waals surface area contributed by atoms with Crippen LogP contribution in [0.5, 0.6) is 0 Å². The molecule has 2 heterocycles. The summed E-state index contributed by atoms with van der Waals surface area (Å²) in [4.78, 5) is 76.7. The van der Waals surface area contributed by atoms with E-state index >= 15 is 0 Å². The first-order valence-electron chi connectivity index (χ1n) is 13.8. The van der Waals surface area contributed by atoms with Gasteiger partial charge >= 0.3 is 11.9 Å². The highest BCUT2D eigenvalue weighted by atomic mass is 16.6. The normalized spacial score (nSPS) is 15.7. The number of pyridine rings is 1. The zero-order valence-electron chi connectivity index (χ0n) is 24.1. The van der Waals surface area contributed by atoms with Crippen LogP contribution < -0.4 is 10.6 Å². The van der Waals surface area contributed by atoms with E-state index in [4.69, 9.17) is 18.9 Å².